The topological polar surface area (TPSA) is 68.0 Å². The van der Waals surface area contributed by atoms with Gasteiger partial charge < -0.3 is 11.1 Å². The molecule has 3 N–H and O–H groups in total. The predicted molar refractivity (Wildman–Crippen MR) is 75.4 cm³/mol. The number of amides is 1. The average molecular weight is 255 g/mol. The standard InChI is InChI=1S/C15H17N3O/c1-11-5-4-8-17-14(11)10-18-15(19)9-12-6-2-3-7-13(12)16/h2-8H,9-10,16H2,1H3,(H,18,19). The molecule has 4 heteroatoms. The van der Waals surface area contributed by atoms with Gasteiger partial charge in [0.15, 0.2) is 0 Å². The molecule has 0 saturated heterocycles. The van der Waals surface area contributed by atoms with Gasteiger partial charge in [-0.25, -0.2) is 0 Å². The smallest absolute Gasteiger partial charge is 0.224 e. The van der Waals surface area contributed by atoms with E-state index < -0.39 is 0 Å². The first-order chi connectivity index (χ1) is 9.16. The van der Waals surface area contributed by atoms with Crippen LogP contribution in [0.5, 0.6) is 0 Å². The van der Waals surface area contributed by atoms with E-state index in [9.17, 15) is 4.79 Å². The van der Waals surface area contributed by atoms with Crippen LogP contribution >= 0.6 is 0 Å². The van der Waals surface area contributed by atoms with Crippen LogP contribution in [0.2, 0.25) is 0 Å². The number of benzene rings is 1. The van der Waals surface area contributed by atoms with Gasteiger partial charge >= 0.3 is 0 Å². The number of nitrogens with two attached hydrogens (primary N) is 1. The molecule has 1 aromatic carbocycles. The number of rotatable bonds is 4. The van der Waals surface area contributed by atoms with Crippen LogP contribution in [0.1, 0.15) is 16.8 Å². The van der Waals surface area contributed by atoms with E-state index in [0.717, 1.165) is 16.8 Å². The van der Waals surface area contributed by atoms with E-state index >= 15 is 0 Å². The molecule has 0 aliphatic rings. The zero-order valence-corrected chi connectivity index (χ0v) is 10.9. The van der Waals surface area contributed by atoms with Crippen molar-refractivity contribution in [2.24, 2.45) is 0 Å². The average Bonchev–Trinajstić information content (AvgIpc) is 2.40. The van der Waals surface area contributed by atoms with Crippen molar-refractivity contribution in [3.63, 3.8) is 0 Å². The van der Waals surface area contributed by atoms with Crippen molar-refractivity contribution in [3.05, 3.63) is 59.4 Å². The Balaban J connectivity index is 1.92. The molecule has 2 aromatic rings. The number of nitrogen functional groups attached to an aromatic ring is 1. The third kappa shape index (κ3) is 3.55. The van der Waals surface area contributed by atoms with Gasteiger partial charge in [0.25, 0.3) is 0 Å². The van der Waals surface area contributed by atoms with E-state index in [-0.39, 0.29) is 5.91 Å². The van der Waals surface area contributed by atoms with Gasteiger partial charge in [0.05, 0.1) is 18.7 Å². The number of hydrogen-bond donors (Lipinski definition) is 2. The second-order valence-corrected chi connectivity index (χ2v) is 4.42. The monoisotopic (exact) mass is 255 g/mol. The molecule has 2 rings (SSSR count). The predicted octanol–water partition coefficient (Wildman–Crippen LogP) is 1.83. The molecular formula is C15H17N3O. The number of hydrogen-bond acceptors (Lipinski definition) is 3. The first kappa shape index (κ1) is 13.1. The maximum atomic E-state index is 11.9. The molecule has 0 spiro atoms. The summed E-state index contributed by atoms with van der Waals surface area (Å²) in [4.78, 5) is 16.1. The Labute approximate surface area is 112 Å². The zero-order valence-electron chi connectivity index (χ0n) is 10.9. The summed E-state index contributed by atoms with van der Waals surface area (Å²) >= 11 is 0. The highest BCUT2D eigenvalue weighted by Gasteiger charge is 2.06. The van der Waals surface area contributed by atoms with Gasteiger partial charge in [-0.15, -0.1) is 0 Å². The van der Waals surface area contributed by atoms with Crippen molar-refractivity contribution in [1.29, 1.82) is 0 Å². The van der Waals surface area contributed by atoms with E-state index in [2.05, 4.69) is 10.3 Å². The normalized spacial score (nSPS) is 10.2. The van der Waals surface area contributed by atoms with E-state index in [1.165, 1.54) is 0 Å². The Morgan fingerprint density at radius 1 is 1.26 bits per heavy atom. The SMILES string of the molecule is Cc1cccnc1CNC(=O)Cc1ccccc1N. The molecule has 0 unspecified atom stereocenters. The van der Waals surface area contributed by atoms with E-state index in [1.807, 2.05) is 37.3 Å². The summed E-state index contributed by atoms with van der Waals surface area (Å²) in [6, 6.07) is 11.2. The minimum absolute atomic E-state index is 0.0528. The first-order valence-corrected chi connectivity index (χ1v) is 6.17. The molecule has 1 heterocycles. The third-order valence-corrected chi connectivity index (χ3v) is 2.98. The Bertz CT molecular complexity index is 581. The van der Waals surface area contributed by atoms with Gasteiger partial charge in [-0.3, -0.25) is 9.78 Å². The summed E-state index contributed by atoms with van der Waals surface area (Å²) in [5.41, 5.74) is 9.26. The Kier molecular flexibility index (Phi) is 4.13. The summed E-state index contributed by atoms with van der Waals surface area (Å²) in [5, 5.41) is 2.86. The number of carbonyl (C=O) groups excluding carboxylic acids is 1. The van der Waals surface area contributed by atoms with E-state index in [0.29, 0.717) is 18.7 Å². The highest BCUT2D eigenvalue weighted by molar-refractivity contribution is 5.80. The van der Waals surface area contributed by atoms with Crippen LogP contribution in [0.25, 0.3) is 0 Å². The zero-order chi connectivity index (χ0) is 13.7. The maximum Gasteiger partial charge on any atom is 0.224 e. The van der Waals surface area contributed by atoms with Crippen molar-refractivity contribution in [2.75, 3.05) is 5.73 Å². The van der Waals surface area contributed by atoms with Crippen LogP contribution in [-0.4, -0.2) is 10.9 Å². The number of carbonyl (C=O) groups is 1. The lowest BCUT2D eigenvalue weighted by Crippen LogP contribution is -2.25. The first-order valence-electron chi connectivity index (χ1n) is 6.17. The van der Waals surface area contributed by atoms with Gasteiger partial charge in [-0.1, -0.05) is 24.3 Å². The van der Waals surface area contributed by atoms with Crippen molar-refractivity contribution >= 4 is 11.6 Å². The number of nitrogens with zero attached hydrogens (tertiary/aromatic N) is 1. The molecule has 4 nitrogen and oxygen atoms in total. The minimum Gasteiger partial charge on any atom is -0.398 e. The lowest BCUT2D eigenvalue weighted by molar-refractivity contribution is -0.120. The molecular weight excluding hydrogens is 238 g/mol. The lowest BCUT2D eigenvalue weighted by atomic mass is 10.1. The van der Waals surface area contributed by atoms with Crippen LogP contribution < -0.4 is 11.1 Å². The minimum atomic E-state index is -0.0528. The van der Waals surface area contributed by atoms with Crippen LogP contribution in [0.15, 0.2) is 42.6 Å². The molecule has 1 aromatic heterocycles. The highest BCUT2D eigenvalue weighted by atomic mass is 16.1. The molecule has 0 fully saturated rings. The number of para-hydroxylation sites is 1. The summed E-state index contributed by atoms with van der Waals surface area (Å²) < 4.78 is 0. The number of aryl methyl sites for hydroxylation is 1. The van der Waals surface area contributed by atoms with Crippen molar-refractivity contribution in [3.8, 4) is 0 Å². The van der Waals surface area contributed by atoms with Gasteiger partial charge in [0, 0.05) is 11.9 Å². The summed E-state index contributed by atoms with van der Waals surface area (Å²) in [6.07, 6.45) is 2.02. The lowest BCUT2D eigenvalue weighted by Gasteiger charge is -2.08. The largest absolute Gasteiger partial charge is 0.398 e. The molecule has 0 atom stereocenters. The fourth-order valence-electron chi connectivity index (χ4n) is 1.82. The summed E-state index contributed by atoms with van der Waals surface area (Å²) in [5.74, 6) is -0.0528. The highest BCUT2D eigenvalue weighted by Crippen LogP contribution is 2.11. The van der Waals surface area contributed by atoms with Crippen molar-refractivity contribution in [2.45, 2.75) is 19.9 Å². The second-order valence-electron chi connectivity index (χ2n) is 4.42. The van der Waals surface area contributed by atoms with Crippen LogP contribution in [0.3, 0.4) is 0 Å². The second kappa shape index (κ2) is 6.00. The van der Waals surface area contributed by atoms with E-state index in [1.54, 1.807) is 12.3 Å². The Hall–Kier alpha value is -2.36. The quantitative estimate of drug-likeness (QED) is 0.819. The van der Waals surface area contributed by atoms with E-state index in [4.69, 9.17) is 5.73 Å². The summed E-state index contributed by atoms with van der Waals surface area (Å²) in [7, 11) is 0. The fourth-order valence-corrected chi connectivity index (χ4v) is 1.82. The van der Waals surface area contributed by atoms with Crippen molar-refractivity contribution in [1.82, 2.24) is 10.3 Å². The Morgan fingerprint density at radius 2 is 2.05 bits per heavy atom. The van der Waals surface area contributed by atoms with Crippen LogP contribution in [-0.2, 0) is 17.8 Å². The molecule has 0 radical (unpaired) electrons. The number of anilines is 1. The van der Waals surface area contributed by atoms with Crippen molar-refractivity contribution < 1.29 is 4.79 Å². The molecule has 98 valence electrons. The van der Waals surface area contributed by atoms with Crippen LogP contribution in [0, 0.1) is 6.92 Å². The van der Waals surface area contributed by atoms with Gasteiger partial charge in [-0.05, 0) is 30.2 Å². The molecule has 19 heavy (non-hydrogen) atoms. The molecule has 0 saturated carbocycles. The summed E-state index contributed by atoms with van der Waals surface area (Å²) in [6.45, 7) is 2.42. The van der Waals surface area contributed by atoms with Gasteiger partial charge in [-0.2, -0.15) is 0 Å². The number of nitrogens with one attached hydrogen (secondary N) is 1. The molecule has 0 aliphatic carbocycles. The van der Waals surface area contributed by atoms with Crippen LogP contribution in [0.4, 0.5) is 5.69 Å². The number of pyridine rings is 1. The molecule has 1 amide bonds. The fraction of sp³-hybridized carbons (Fsp3) is 0.200. The van der Waals surface area contributed by atoms with Gasteiger partial charge in [0.1, 0.15) is 0 Å². The third-order valence-electron chi connectivity index (χ3n) is 2.98. The molecule has 0 aliphatic heterocycles. The Morgan fingerprint density at radius 3 is 2.79 bits per heavy atom. The van der Waals surface area contributed by atoms with Gasteiger partial charge in [0.2, 0.25) is 5.91 Å². The molecule has 0 bridgehead atoms. The number of aromatic nitrogens is 1. The maximum absolute atomic E-state index is 11.9.